The van der Waals surface area contributed by atoms with Gasteiger partial charge in [0.15, 0.2) is 0 Å². The lowest BCUT2D eigenvalue weighted by molar-refractivity contribution is 0.999. The first-order chi connectivity index (χ1) is 5.88. The van der Waals surface area contributed by atoms with Crippen molar-refractivity contribution in [1.29, 1.82) is 5.26 Å². The van der Waals surface area contributed by atoms with Crippen molar-refractivity contribution in [2.24, 2.45) is 0 Å². The van der Waals surface area contributed by atoms with Crippen molar-refractivity contribution in [2.45, 2.75) is 5.92 Å². The second-order valence-corrected chi connectivity index (χ2v) is 3.46. The number of benzene rings is 1. The molecule has 2 heteroatoms. The molecular formula is C10H11NS. The molecule has 0 amide bonds. The smallest absolute Gasteiger partial charge is 0.0802 e. The molecule has 1 rings (SSSR count). The third-order valence-corrected chi connectivity index (χ3v) is 2.36. The summed E-state index contributed by atoms with van der Waals surface area (Å²) < 4.78 is 0. The molecular weight excluding hydrogens is 166 g/mol. The molecule has 0 spiro atoms. The van der Waals surface area contributed by atoms with Gasteiger partial charge in [-0.2, -0.15) is 17.0 Å². The molecule has 1 nitrogen and oxygen atoms in total. The van der Waals surface area contributed by atoms with Crippen molar-refractivity contribution in [3.63, 3.8) is 0 Å². The van der Waals surface area contributed by atoms with Gasteiger partial charge in [0.1, 0.15) is 0 Å². The minimum absolute atomic E-state index is 0.0428. The number of nitriles is 1. The number of rotatable bonds is 3. The fourth-order valence-electron chi connectivity index (χ4n) is 1.06. The summed E-state index contributed by atoms with van der Waals surface area (Å²) in [6, 6.07) is 12.2. The van der Waals surface area contributed by atoms with Gasteiger partial charge < -0.3 is 0 Å². The van der Waals surface area contributed by atoms with Crippen LogP contribution in [0.1, 0.15) is 11.5 Å². The van der Waals surface area contributed by atoms with E-state index in [1.165, 1.54) is 0 Å². The Morgan fingerprint density at radius 3 is 2.58 bits per heavy atom. The van der Waals surface area contributed by atoms with E-state index >= 15 is 0 Å². The molecule has 62 valence electrons. The van der Waals surface area contributed by atoms with Gasteiger partial charge in [0.2, 0.25) is 0 Å². The Bertz CT molecular complexity index is 263. The molecule has 0 saturated heterocycles. The number of hydrogen-bond donors (Lipinski definition) is 0. The van der Waals surface area contributed by atoms with Crippen LogP contribution in [0.5, 0.6) is 0 Å². The molecule has 1 aromatic carbocycles. The molecule has 0 aliphatic rings. The standard InChI is InChI=1S/C10H11NS/c1-12-8-10(7-11)9-5-3-2-4-6-9/h2-6,10H,8H2,1H3. The van der Waals surface area contributed by atoms with Crippen molar-refractivity contribution < 1.29 is 0 Å². The van der Waals surface area contributed by atoms with Crippen molar-refractivity contribution in [3.05, 3.63) is 35.9 Å². The Morgan fingerprint density at radius 1 is 1.42 bits per heavy atom. The second kappa shape index (κ2) is 4.84. The second-order valence-electron chi connectivity index (χ2n) is 2.55. The van der Waals surface area contributed by atoms with Crippen molar-refractivity contribution >= 4 is 11.8 Å². The van der Waals surface area contributed by atoms with Gasteiger partial charge >= 0.3 is 0 Å². The molecule has 0 aliphatic heterocycles. The lowest BCUT2D eigenvalue weighted by Crippen LogP contribution is -1.97. The zero-order valence-electron chi connectivity index (χ0n) is 7.03. The van der Waals surface area contributed by atoms with E-state index in [1.807, 2.05) is 36.6 Å². The van der Waals surface area contributed by atoms with Gasteiger partial charge in [-0.15, -0.1) is 0 Å². The first-order valence-electron chi connectivity index (χ1n) is 3.82. The molecule has 1 aromatic rings. The fraction of sp³-hybridized carbons (Fsp3) is 0.300. The van der Waals surface area contributed by atoms with Crippen LogP contribution in [0, 0.1) is 11.3 Å². The first-order valence-corrected chi connectivity index (χ1v) is 5.21. The molecule has 0 fully saturated rings. The summed E-state index contributed by atoms with van der Waals surface area (Å²) in [5.41, 5.74) is 1.12. The molecule has 0 saturated carbocycles. The highest BCUT2D eigenvalue weighted by atomic mass is 32.2. The zero-order valence-corrected chi connectivity index (χ0v) is 7.84. The molecule has 0 bridgehead atoms. The highest BCUT2D eigenvalue weighted by Gasteiger charge is 2.07. The van der Waals surface area contributed by atoms with E-state index < -0.39 is 0 Å². The average Bonchev–Trinajstić information content (AvgIpc) is 2.15. The molecule has 0 aromatic heterocycles. The third-order valence-electron chi connectivity index (χ3n) is 1.69. The van der Waals surface area contributed by atoms with Gasteiger partial charge in [0, 0.05) is 5.75 Å². The highest BCUT2D eigenvalue weighted by molar-refractivity contribution is 7.98. The van der Waals surface area contributed by atoms with Crippen LogP contribution >= 0.6 is 11.8 Å². The number of hydrogen-bond acceptors (Lipinski definition) is 2. The lowest BCUT2D eigenvalue weighted by Gasteiger charge is -2.05. The topological polar surface area (TPSA) is 23.8 Å². The Kier molecular flexibility index (Phi) is 3.69. The average molecular weight is 177 g/mol. The van der Waals surface area contributed by atoms with Gasteiger partial charge in [-0.05, 0) is 11.8 Å². The molecule has 0 N–H and O–H groups in total. The predicted octanol–water partition coefficient (Wildman–Crippen LogP) is 2.66. The molecule has 1 unspecified atom stereocenters. The van der Waals surface area contributed by atoms with Crippen LogP contribution in [-0.2, 0) is 0 Å². The van der Waals surface area contributed by atoms with Crippen LogP contribution in [0.15, 0.2) is 30.3 Å². The van der Waals surface area contributed by atoms with Crippen LogP contribution in [-0.4, -0.2) is 12.0 Å². The molecule has 12 heavy (non-hydrogen) atoms. The summed E-state index contributed by atoms with van der Waals surface area (Å²) in [4.78, 5) is 0. The largest absolute Gasteiger partial charge is 0.198 e. The first kappa shape index (κ1) is 9.15. The minimum Gasteiger partial charge on any atom is -0.198 e. The van der Waals surface area contributed by atoms with Crippen LogP contribution in [0.2, 0.25) is 0 Å². The van der Waals surface area contributed by atoms with Gasteiger partial charge in [0.25, 0.3) is 0 Å². The molecule has 0 heterocycles. The van der Waals surface area contributed by atoms with Crippen molar-refractivity contribution in [3.8, 4) is 6.07 Å². The van der Waals surface area contributed by atoms with Crippen LogP contribution in [0.25, 0.3) is 0 Å². The number of nitrogens with zero attached hydrogens (tertiary/aromatic N) is 1. The third kappa shape index (κ3) is 2.28. The maximum absolute atomic E-state index is 8.85. The van der Waals surface area contributed by atoms with E-state index in [1.54, 1.807) is 11.8 Å². The molecule has 0 aliphatic carbocycles. The maximum atomic E-state index is 8.85. The molecule has 1 atom stereocenters. The summed E-state index contributed by atoms with van der Waals surface area (Å²) in [5, 5.41) is 8.85. The zero-order chi connectivity index (χ0) is 8.81. The van der Waals surface area contributed by atoms with E-state index in [-0.39, 0.29) is 5.92 Å². The van der Waals surface area contributed by atoms with Gasteiger partial charge in [0.05, 0.1) is 12.0 Å². The van der Waals surface area contributed by atoms with Crippen LogP contribution < -0.4 is 0 Å². The van der Waals surface area contributed by atoms with Gasteiger partial charge in [-0.1, -0.05) is 30.3 Å². The summed E-state index contributed by atoms with van der Waals surface area (Å²) >= 11 is 1.71. The maximum Gasteiger partial charge on any atom is 0.0802 e. The monoisotopic (exact) mass is 177 g/mol. The van der Waals surface area contributed by atoms with Crippen molar-refractivity contribution in [1.82, 2.24) is 0 Å². The van der Waals surface area contributed by atoms with Crippen molar-refractivity contribution in [2.75, 3.05) is 12.0 Å². The quantitative estimate of drug-likeness (QED) is 0.708. The fourth-order valence-corrected chi connectivity index (χ4v) is 1.66. The SMILES string of the molecule is CSCC(C#N)c1ccccc1. The minimum atomic E-state index is 0.0428. The summed E-state index contributed by atoms with van der Waals surface area (Å²) in [6.45, 7) is 0. The van der Waals surface area contributed by atoms with Crippen LogP contribution in [0.3, 0.4) is 0 Å². The Balaban J connectivity index is 2.75. The normalized spacial score (nSPS) is 12.0. The van der Waals surface area contributed by atoms with Gasteiger partial charge in [-0.25, -0.2) is 0 Å². The van der Waals surface area contributed by atoms with E-state index in [0.717, 1.165) is 11.3 Å². The summed E-state index contributed by atoms with van der Waals surface area (Å²) in [6.07, 6.45) is 2.02. The summed E-state index contributed by atoms with van der Waals surface area (Å²) in [5.74, 6) is 0.918. The van der Waals surface area contributed by atoms with E-state index in [4.69, 9.17) is 5.26 Å². The van der Waals surface area contributed by atoms with E-state index in [9.17, 15) is 0 Å². The Labute approximate surface area is 77.4 Å². The Morgan fingerprint density at radius 2 is 2.08 bits per heavy atom. The summed E-state index contributed by atoms with van der Waals surface area (Å²) in [7, 11) is 0. The highest BCUT2D eigenvalue weighted by Crippen LogP contribution is 2.17. The Hall–Kier alpha value is -0.940. The van der Waals surface area contributed by atoms with E-state index in [2.05, 4.69) is 6.07 Å². The van der Waals surface area contributed by atoms with E-state index in [0.29, 0.717) is 0 Å². The molecule has 0 radical (unpaired) electrons. The number of thioether (sulfide) groups is 1. The van der Waals surface area contributed by atoms with Crippen LogP contribution in [0.4, 0.5) is 0 Å². The van der Waals surface area contributed by atoms with Gasteiger partial charge in [-0.3, -0.25) is 0 Å². The lowest BCUT2D eigenvalue weighted by atomic mass is 10.0. The predicted molar refractivity (Wildman–Crippen MR) is 53.2 cm³/mol.